The van der Waals surface area contributed by atoms with Gasteiger partial charge in [0.05, 0.1) is 13.0 Å². The molecule has 1 unspecified atom stereocenters. The summed E-state index contributed by atoms with van der Waals surface area (Å²) in [5.41, 5.74) is 4.61. The van der Waals surface area contributed by atoms with E-state index in [1.165, 1.54) is 12.7 Å². The van der Waals surface area contributed by atoms with Crippen molar-refractivity contribution in [2.24, 2.45) is 5.92 Å². The molecule has 1 fully saturated rings. The van der Waals surface area contributed by atoms with Gasteiger partial charge in [0.1, 0.15) is 0 Å². The molecule has 5 atom stereocenters. The minimum absolute atomic E-state index is 0.0396. The molecule has 3 aromatic rings. The number of ether oxygens (including phenoxy) is 2. The number of benzene rings is 3. The number of fused-ring (bicyclic) bond motifs is 4. The third kappa shape index (κ3) is 1.96. The van der Waals surface area contributed by atoms with E-state index in [0.717, 1.165) is 22.3 Å². The van der Waals surface area contributed by atoms with Gasteiger partial charge in [-0.2, -0.15) is 0 Å². The van der Waals surface area contributed by atoms with Crippen LogP contribution in [0.25, 0.3) is 0 Å². The summed E-state index contributed by atoms with van der Waals surface area (Å²) in [6.07, 6.45) is 0. The SMILES string of the molecule is COC(=O)[C@H]1C(=O)OC23c4ccccc4[C@H](c4ccccc4)[C@H]2c2ccccc2[C@H]13. The Morgan fingerprint density at radius 3 is 2.13 bits per heavy atom. The predicted molar refractivity (Wildman–Crippen MR) is 110 cm³/mol. The lowest BCUT2D eigenvalue weighted by molar-refractivity contribution is -0.158. The summed E-state index contributed by atoms with van der Waals surface area (Å²) in [5, 5.41) is 0. The van der Waals surface area contributed by atoms with E-state index in [2.05, 4.69) is 30.3 Å². The van der Waals surface area contributed by atoms with E-state index >= 15 is 0 Å². The topological polar surface area (TPSA) is 52.6 Å². The Bertz CT molecular complexity index is 1180. The van der Waals surface area contributed by atoms with Crippen LogP contribution < -0.4 is 0 Å². The van der Waals surface area contributed by atoms with Crippen molar-refractivity contribution in [3.05, 3.63) is 107 Å². The molecule has 0 saturated carbocycles. The lowest BCUT2D eigenvalue weighted by atomic mass is 9.75. The summed E-state index contributed by atoms with van der Waals surface area (Å²) < 4.78 is 11.3. The molecule has 6 rings (SSSR count). The van der Waals surface area contributed by atoms with Gasteiger partial charge in [-0.05, 0) is 22.3 Å². The van der Waals surface area contributed by atoms with E-state index in [1.807, 2.05) is 48.5 Å². The zero-order valence-corrected chi connectivity index (χ0v) is 16.4. The molecule has 0 bridgehead atoms. The van der Waals surface area contributed by atoms with Crippen molar-refractivity contribution < 1.29 is 19.1 Å². The van der Waals surface area contributed by atoms with Crippen LogP contribution in [0, 0.1) is 5.92 Å². The first-order valence-electron chi connectivity index (χ1n) is 10.2. The van der Waals surface area contributed by atoms with Gasteiger partial charge in [0.2, 0.25) is 0 Å². The molecule has 148 valence electrons. The number of rotatable bonds is 2. The second kappa shape index (κ2) is 6.05. The molecule has 1 heterocycles. The van der Waals surface area contributed by atoms with Gasteiger partial charge in [-0.25, -0.2) is 0 Å². The quantitative estimate of drug-likeness (QED) is 0.480. The Hall–Kier alpha value is -3.40. The van der Waals surface area contributed by atoms with Gasteiger partial charge in [-0.3, -0.25) is 9.59 Å². The average Bonchev–Trinajstić information content (AvgIpc) is 3.35. The first-order chi connectivity index (χ1) is 14.7. The highest BCUT2D eigenvalue weighted by Gasteiger charge is 2.72. The molecule has 1 spiro atoms. The molecule has 30 heavy (non-hydrogen) atoms. The third-order valence-electron chi connectivity index (χ3n) is 7.11. The zero-order chi connectivity index (χ0) is 20.5. The molecule has 3 aromatic carbocycles. The molecule has 4 nitrogen and oxygen atoms in total. The summed E-state index contributed by atoms with van der Waals surface area (Å²) in [6.45, 7) is 0. The molecule has 0 N–H and O–H groups in total. The van der Waals surface area contributed by atoms with Gasteiger partial charge in [-0.1, -0.05) is 78.9 Å². The summed E-state index contributed by atoms with van der Waals surface area (Å²) >= 11 is 0. The maximum Gasteiger partial charge on any atom is 0.322 e. The second-order valence-electron chi connectivity index (χ2n) is 8.27. The predicted octanol–water partition coefficient (Wildman–Crippen LogP) is 4.25. The van der Waals surface area contributed by atoms with Crippen LogP contribution in [-0.2, 0) is 24.7 Å². The third-order valence-corrected chi connectivity index (χ3v) is 7.11. The van der Waals surface area contributed by atoms with Crippen LogP contribution in [0.1, 0.15) is 45.6 Å². The van der Waals surface area contributed by atoms with Crippen LogP contribution in [0.4, 0.5) is 0 Å². The molecule has 2 aliphatic carbocycles. The van der Waals surface area contributed by atoms with Crippen LogP contribution in [0.5, 0.6) is 0 Å². The highest BCUT2D eigenvalue weighted by molar-refractivity contribution is 5.99. The van der Waals surface area contributed by atoms with E-state index in [0.29, 0.717) is 0 Å². The Kier molecular flexibility index (Phi) is 3.52. The smallest absolute Gasteiger partial charge is 0.322 e. The minimum Gasteiger partial charge on any atom is -0.468 e. The highest BCUT2D eigenvalue weighted by Crippen LogP contribution is 2.72. The highest BCUT2D eigenvalue weighted by atomic mass is 16.6. The number of hydrogen-bond acceptors (Lipinski definition) is 4. The van der Waals surface area contributed by atoms with Crippen molar-refractivity contribution in [2.45, 2.75) is 23.4 Å². The van der Waals surface area contributed by atoms with Crippen molar-refractivity contribution in [1.29, 1.82) is 0 Å². The van der Waals surface area contributed by atoms with Crippen LogP contribution in [0.2, 0.25) is 0 Å². The minimum atomic E-state index is -0.955. The summed E-state index contributed by atoms with van der Waals surface area (Å²) in [5.74, 6) is -2.42. The van der Waals surface area contributed by atoms with Crippen molar-refractivity contribution >= 4 is 11.9 Å². The van der Waals surface area contributed by atoms with Crippen molar-refractivity contribution in [3.63, 3.8) is 0 Å². The van der Waals surface area contributed by atoms with Gasteiger partial charge in [0, 0.05) is 17.4 Å². The van der Waals surface area contributed by atoms with E-state index in [-0.39, 0.29) is 11.8 Å². The van der Waals surface area contributed by atoms with Crippen molar-refractivity contribution in [3.8, 4) is 0 Å². The Morgan fingerprint density at radius 1 is 0.833 bits per heavy atom. The molecular formula is C26H20O4. The number of carbonyl (C=O) groups is 2. The molecule has 0 radical (unpaired) electrons. The number of hydrogen-bond donors (Lipinski definition) is 0. The van der Waals surface area contributed by atoms with Crippen molar-refractivity contribution in [2.75, 3.05) is 7.11 Å². The van der Waals surface area contributed by atoms with Crippen LogP contribution in [0.15, 0.2) is 78.9 Å². The zero-order valence-electron chi connectivity index (χ0n) is 16.4. The van der Waals surface area contributed by atoms with Gasteiger partial charge in [0.15, 0.2) is 11.5 Å². The van der Waals surface area contributed by atoms with Crippen LogP contribution in [0.3, 0.4) is 0 Å². The summed E-state index contributed by atoms with van der Waals surface area (Å²) in [7, 11) is 1.33. The standard InChI is InChI=1S/C26H20O4/c1-29-24(27)21-23-17-12-6-5-11-16(17)22-20(15-9-3-2-4-10-15)18-13-7-8-14-19(18)26(22,23)30-25(21)28/h2-14,20-23H,1H3/t20-,21-,22+,23+,26?/m0/s1. The van der Waals surface area contributed by atoms with Gasteiger partial charge < -0.3 is 9.47 Å². The molecule has 0 amide bonds. The Balaban J connectivity index is 1.68. The van der Waals surface area contributed by atoms with E-state index in [4.69, 9.17) is 9.47 Å². The second-order valence-corrected chi connectivity index (χ2v) is 8.27. The Labute approximate surface area is 174 Å². The monoisotopic (exact) mass is 396 g/mol. The first-order valence-corrected chi connectivity index (χ1v) is 10.2. The lowest BCUT2D eigenvalue weighted by Gasteiger charge is -2.31. The molecular weight excluding hydrogens is 376 g/mol. The molecule has 0 aromatic heterocycles. The molecule has 1 aliphatic heterocycles. The normalized spacial score (nSPS) is 30.1. The van der Waals surface area contributed by atoms with Crippen LogP contribution in [-0.4, -0.2) is 19.0 Å². The summed E-state index contributed by atoms with van der Waals surface area (Å²) in [6, 6.07) is 26.7. The van der Waals surface area contributed by atoms with Crippen molar-refractivity contribution in [1.82, 2.24) is 0 Å². The fraction of sp³-hybridized carbons (Fsp3) is 0.231. The lowest BCUT2D eigenvalue weighted by Crippen LogP contribution is -2.32. The Morgan fingerprint density at radius 2 is 1.43 bits per heavy atom. The average molecular weight is 396 g/mol. The van der Waals surface area contributed by atoms with E-state index in [1.54, 1.807) is 0 Å². The van der Waals surface area contributed by atoms with Gasteiger partial charge in [0.25, 0.3) is 0 Å². The van der Waals surface area contributed by atoms with E-state index in [9.17, 15) is 9.59 Å². The van der Waals surface area contributed by atoms with Crippen LogP contribution >= 0.6 is 0 Å². The number of esters is 2. The number of carbonyl (C=O) groups excluding carboxylic acids is 2. The summed E-state index contributed by atoms with van der Waals surface area (Å²) in [4.78, 5) is 25.8. The van der Waals surface area contributed by atoms with Gasteiger partial charge >= 0.3 is 11.9 Å². The largest absolute Gasteiger partial charge is 0.468 e. The van der Waals surface area contributed by atoms with E-state index < -0.39 is 29.4 Å². The molecule has 4 heteroatoms. The maximum absolute atomic E-state index is 13.1. The first kappa shape index (κ1) is 17.5. The fourth-order valence-corrected chi connectivity index (χ4v) is 6.17. The molecule has 1 saturated heterocycles. The fourth-order valence-electron chi connectivity index (χ4n) is 6.17. The van der Waals surface area contributed by atoms with Gasteiger partial charge in [-0.15, -0.1) is 0 Å². The number of methoxy groups -OCH3 is 1. The molecule has 3 aliphatic rings. The maximum atomic E-state index is 13.1.